The van der Waals surface area contributed by atoms with E-state index in [0.29, 0.717) is 57.1 Å². The lowest BCUT2D eigenvalue weighted by atomic mass is 10.1. The van der Waals surface area contributed by atoms with Gasteiger partial charge in [0.2, 0.25) is 5.91 Å². The molecule has 0 saturated carbocycles. The number of piperazine rings is 2. The third-order valence-electron chi connectivity index (χ3n) is 7.92. The quantitative estimate of drug-likeness (QED) is 0.308. The number of hydrogen-bond donors (Lipinski definition) is 2. The molecule has 1 aromatic carbocycles. The fraction of sp³-hybridized carbons (Fsp3) is 0.379. The van der Waals surface area contributed by atoms with E-state index >= 15 is 0 Å². The van der Waals surface area contributed by atoms with E-state index in [2.05, 4.69) is 30.6 Å². The number of nitriles is 1. The van der Waals surface area contributed by atoms with Gasteiger partial charge in [-0.15, -0.1) is 0 Å². The summed E-state index contributed by atoms with van der Waals surface area (Å²) < 4.78 is 43.7. The summed E-state index contributed by atoms with van der Waals surface area (Å²) in [6.45, 7) is 5.06. The Morgan fingerprint density at radius 1 is 1.07 bits per heavy atom. The predicted molar refractivity (Wildman–Crippen MR) is 161 cm³/mol. The number of aromatic nitrogens is 5. The molecule has 0 atom stereocenters. The van der Waals surface area contributed by atoms with Crippen molar-refractivity contribution >= 4 is 40.6 Å². The molecule has 2 N–H and O–H groups in total. The van der Waals surface area contributed by atoms with Gasteiger partial charge in [-0.2, -0.15) is 23.5 Å². The Labute approximate surface area is 266 Å². The number of alkyl halides is 3. The Morgan fingerprint density at radius 3 is 2.52 bits per heavy atom. The summed E-state index contributed by atoms with van der Waals surface area (Å²) >= 11 is 6.55. The fourth-order valence-corrected chi connectivity index (χ4v) is 5.83. The molecule has 0 spiro atoms. The highest BCUT2D eigenvalue weighted by molar-refractivity contribution is 6.34. The summed E-state index contributed by atoms with van der Waals surface area (Å²) in [5.41, 5.74) is -0.201. The molecule has 5 heterocycles. The first-order valence-electron chi connectivity index (χ1n) is 14.5. The number of anilines is 2. The summed E-state index contributed by atoms with van der Waals surface area (Å²) in [6, 6.07) is 6.61. The van der Waals surface area contributed by atoms with Gasteiger partial charge in [-0.25, -0.2) is 9.97 Å². The number of nitrogens with one attached hydrogen (secondary N) is 2. The van der Waals surface area contributed by atoms with Crippen LogP contribution in [0.4, 0.5) is 24.7 Å². The maximum atomic E-state index is 13.8. The maximum absolute atomic E-state index is 13.8. The molecule has 0 unspecified atom stereocenters. The van der Waals surface area contributed by atoms with Gasteiger partial charge in [0.1, 0.15) is 6.54 Å². The van der Waals surface area contributed by atoms with Gasteiger partial charge in [0, 0.05) is 76.6 Å². The smallest absolute Gasteiger partial charge is 0.339 e. The summed E-state index contributed by atoms with van der Waals surface area (Å²) in [7, 11) is 0. The largest absolute Gasteiger partial charge is 0.435 e. The van der Waals surface area contributed by atoms with Gasteiger partial charge < -0.3 is 20.4 Å². The second-order valence-corrected chi connectivity index (χ2v) is 11.3. The van der Waals surface area contributed by atoms with E-state index in [1.54, 1.807) is 29.2 Å². The highest BCUT2D eigenvalue weighted by Gasteiger charge is 2.38. The lowest BCUT2D eigenvalue weighted by Gasteiger charge is -2.36. The number of imidazole rings is 1. The van der Waals surface area contributed by atoms with Crippen molar-refractivity contribution in [1.29, 1.82) is 5.26 Å². The van der Waals surface area contributed by atoms with E-state index < -0.39 is 11.9 Å². The molecule has 2 saturated heterocycles. The highest BCUT2D eigenvalue weighted by Crippen LogP contribution is 2.37. The fourth-order valence-electron chi connectivity index (χ4n) is 5.57. The van der Waals surface area contributed by atoms with Gasteiger partial charge in [0.05, 0.1) is 40.7 Å². The van der Waals surface area contributed by atoms with Crippen LogP contribution in [0.15, 0.2) is 43.0 Å². The molecule has 240 valence electrons. The zero-order valence-electron chi connectivity index (χ0n) is 24.5. The molecule has 3 aromatic heterocycles. The second kappa shape index (κ2) is 12.9. The van der Waals surface area contributed by atoms with Crippen molar-refractivity contribution in [3.05, 3.63) is 59.3 Å². The molecule has 2 aliphatic heterocycles. The topological polar surface area (TPSA) is 140 Å². The number of rotatable bonds is 7. The number of carbonyl (C=O) groups excluding carboxylic acids is 2. The van der Waals surface area contributed by atoms with Crippen molar-refractivity contribution in [2.45, 2.75) is 12.7 Å². The van der Waals surface area contributed by atoms with Crippen LogP contribution in [0, 0.1) is 11.3 Å². The van der Waals surface area contributed by atoms with Crippen LogP contribution >= 0.6 is 11.6 Å². The summed E-state index contributed by atoms with van der Waals surface area (Å²) in [5.74, 6) is 0.121. The van der Waals surface area contributed by atoms with Gasteiger partial charge in [-0.1, -0.05) is 11.6 Å². The summed E-state index contributed by atoms with van der Waals surface area (Å²) in [6.07, 6.45) is 0.568. The van der Waals surface area contributed by atoms with E-state index in [1.165, 1.54) is 23.0 Å². The normalized spacial score (nSPS) is 16.1. The van der Waals surface area contributed by atoms with E-state index in [-0.39, 0.29) is 46.1 Å². The summed E-state index contributed by atoms with van der Waals surface area (Å²) in [5, 5.41) is 19.0. The summed E-state index contributed by atoms with van der Waals surface area (Å²) in [4.78, 5) is 40.1. The van der Waals surface area contributed by atoms with Gasteiger partial charge in [-0.05, 0) is 18.2 Å². The molecular formula is C29H29ClF3N11O2. The molecule has 2 aliphatic rings. The first-order valence-corrected chi connectivity index (χ1v) is 14.9. The van der Waals surface area contributed by atoms with Crippen molar-refractivity contribution in [3.63, 3.8) is 0 Å². The number of amides is 2. The number of hydrogen-bond acceptors (Lipinski definition) is 9. The monoisotopic (exact) mass is 655 g/mol. The van der Waals surface area contributed by atoms with E-state index in [0.717, 1.165) is 24.0 Å². The number of fused-ring (bicyclic) bond motifs is 1. The van der Waals surface area contributed by atoms with Gasteiger partial charge >= 0.3 is 6.18 Å². The van der Waals surface area contributed by atoms with Crippen LogP contribution in [-0.2, 0) is 17.5 Å². The Balaban J connectivity index is 1.14. The van der Waals surface area contributed by atoms with Crippen LogP contribution in [0.5, 0.6) is 0 Å². The minimum atomic E-state index is -4.75. The Morgan fingerprint density at radius 2 is 1.83 bits per heavy atom. The van der Waals surface area contributed by atoms with E-state index in [1.807, 2.05) is 4.90 Å². The van der Waals surface area contributed by atoms with Crippen molar-refractivity contribution < 1.29 is 22.8 Å². The third-order valence-corrected chi connectivity index (χ3v) is 8.23. The molecule has 46 heavy (non-hydrogen) atoms. The van der Waals surface area contributed by atoms with Crippen LogP contribution in [-0.4, -0.2) is 110 Å². The van der Waals surface area contributed by atoms with Crippen LogP contribution < -0.4 is 10.6 Å². The number of carbonyl (C=O) groups is 2. The Kier molecular flexibility index (Phi) is 8.80. The average molecular weight is 656 g/mol. The molecule has 13 nitrogen and oxygen atoms in total. The number of nitrogens with zero attached hydrogens (tertiary/aromatic N) is 9. The van der Waals surface area contributed by atoms with Crippen LogP contribution in [0.25, 0.3) is 16.9 Å². The van der Waals surface area contributed by atoms with E-state index in [4.69, 9.17) is 16.9 Å². The molecule has 17 heteroatoms. The number of benzene rings is 1. The second-order valence-electron chi connectivity index (χ2n) is 10.9. The lowest BCUT2D eigenvalue weighted by Crippen LogP contribution is -2.53. The molecule has 6 rings (SSSR count). The molecule has 2 fully saturated rings. The van der Waals surface area contributed by atoms with Crippen molar-refractivity contribution in [2.24, 2.45) is 0 Å². The first kappa shape index (κ1) is 31.3. The predicted octanol–water partition coefficient (Wildman–Crippen LogP) is 2.72. The number of halogens is 4. The molecular weight excluding hydrogens is 627 g/mol. The van der Waals surface area contributed by atoms with Crippen LogP contribution in [0.1, 0.15) is 16.1 Å². The molecule has 4 aromatic rings. The highest BCUT2D eigenvalue weighted by atomic mass is 35.5. The van der Waals surface area contributed by atoms with E-state index in [9.17, 15) is 22.8 Å². The zero-order chi connectivity index (χ0) is 32.4. The van der Waals surface area contributed by atoms with Crippen molar-refractivity contribution in [3.8, 4) is 17.3 Å². The van der Waals surface area contributed by atoms with Crippen molar-refractivity contribution in [2.75, 3.05) is 64.2 Å². The van der Waals surface area contributed by atoms with Crippen LogP contribution in [0.3, 0.4) is 0 Å². The molecule has 0 radical (unpaired) electrons. The molecule has 0 bridgehead atoms. The molecule has 2 amide bonds. The maximum Gasteiger partial charge on any atom is 0.435 e. The Hall–Kier alpha value is -4.72. The van der Waals surface area contributed by atoms with Crippen LogP contribution in [0.2, 0.25) is 5.02 Å². The van der Waals surface area contributed by atoms with Gasteiger partial charge in [-0.3, -0.25) is 23.6 Å². The minimum Gasteiger partial charge on any atom is -0.339 e. The first-order chi connectivity index (χ1) is 22.1. The zero-order valence-corrected chi connectivity index (χ0v) is 25.2. The van der Waals surface area contributed by atoms with Gasteiger partial charge in [0.25, 0.3) is 5.91 Å². The van der Waals surface area contributed by atoms with Gasteiger partial charge in [0.15, 0.2) is 17.2 Å². The SMILES string of the molecule is N#CCn1cc(-c2cnc3c(Nc4ccc(C(=O)N5CCN(CC(=O)N6CCNCC6)CC5)c(Cl)c4)nccn23)c(C(F)(F)F)n1. The third kappa shape index (κ3) is 6.48. The standard InChI is InChI=1S/C29H29ClF3N11O2/c30-22-15-19(1-2-20(22)28(46)42-13-11-40(12-14-42)18-24(45)41-8-4-35-5-9-41)38-26-27-37-16-23(44(27)10-6-36-26)21-17-43(7-3-34)39-25(21)29(31,32)33/h1-2,6,10,15-17,35H,4-5,7-9,11-14,18H2,(H,36,38). The molecule has 0 aliphatic carbocycles. The minimum absolute atomic E-state index is 0.0990. The lowest BCUT2D eigenvalue weighted by molar-refractivity contribution is -0.141. The van der Waals surface area contributed by atoms with Crippen molar-refractivity contribution in [1.82, 2.24) is 44.2 Å². The Bertz CT molecular complexity index is 1800. The average Bonchev–Trinajstić information content (AvgIpc) is 3.67.